The van der Waals surface area contributed by atoms with E-state index in [1.165, 1.54) is 35.2 Å². The van der Waals surface area contributed by atoms with Crippen molar-refractivity contribution >= 4 is 22.8 Å². The molecule has 6 heteroatoms. The fourth-order valence-corrected chi connectivity index (χ4v) is 5.22. The van der Waals surface area contributed by atoms with E-state index in [0.717, 1.165) is 29.7 Å². The van der Waals surface area contributed by atoms with Crippen molar-refractivity contribution in [3.63, 3.8) is 0 Å². The molecule has 6 nitrogen and oxygen atoms in total. The SMILES string of the molecule is CC(c1ccccc1)n1c2c(c3c(NCc4ccccc4)nc(CCCC(=O)O)nc31)CCCC2. The van der Waals surface area contributed by atoms with Crippen molar-refractivity contribution < 1.29 is 9.90 Å². The van der Waals surface area contributed by atoms with Gasteiger partial charge in [0.2, 0.25) is 0 Å². The van der Waals surface area contributed by atoms with Gasteiger partial charge in [-0.2, -0.15) is 0 Å². The van der Waals surface area contributed by atoms with E-state index >= 15 is 0 Å². The van der Waals surface area contributed by atoms with Crippen LogP contribution in [0.2, 0.25) is 0 Å². The van der Waals surface area contributed by atoms with Crippen LogP contribution in [0, 0.1) is 0 Å². The first-order chi connectivity index (χ1) is 17.1. The Labute approximate surface area is 206 Å². The van der Waals surface area contributed by atoms with Gasteiger partial charge in [0.15, 0.2) is 0 Å². The number of rotatable bonds is 9. The molecule has 2 heterocycles. The minimum atomic E-state index is -0.787. The highest BCUT2D eigenvalue weighted by atomic mass is 16.4. The third-order valence-electron chi connectivity index (χ3n) is 6.96. The van der Waals surface area contributed by atoms with Gasteiger partial charge in [0.1, 0.15) is 17.3 Å². The van der Waals surface area contributed by atoms with Crippen LogP contribution in [0.15, 0.2) is 60.7 Å². The van der Waals surface area contributed by atoms with Crippen molar-refractivity contribution in [3.05, 3.63) is 88.9 Å². The normalized spacial score (nSPS) is 14.0. The third kappa shape index (κ3) is 4.92. The number of aryl methyl sites for hydroxylation is 2. The monoisotopic (exact) mass is 468 g/mol. The van der Waals surface area contributed by atoms with Gasteiger partial charge in [0, 0.05) is 25.1 Å². The summed E-state index contributed by atoms with van der Waals surface area (Å²) in [6, 6.07) is 21.0. The van der Waals surface area contributed by atoms with Gasteiger partial charge >= 0.3 is 5.97 Å². The summed E-state index contributed by atoms with van der Waals surface area (Å²) in [4.78, 5) is 21.1. The van der Waals surface area contributed by atoms with E-state index in [1.54, 1.807) is 0 Å². The maximum absolute atomic E-state index is 11.1. The quantitative estimate of drug-likeness (QED) is 0.318. The summed E-state index contributed by atoms with van der Waals surface area (Å²) in [6.45, 7) is 2.92. The molecule has 0 bridgehead atoms. The molecule has 1 unspecified atom stereocenters. The lowest BCUT2D eigenvalue weighted by Crippen LogP contribution is -2.14. The summed E-state index contributed by atoms with van der Waals surface area (Å²) in [6.07, 6.45) is 5.59. The second-order valence-corrected chi connectivity index (χ2v) is 9.36. The average Bonchev–Trinajstić information content (AvgIpc) is 3.22. The molecule has 1 aliphatic rings. The number of carboxylic acid groups (broad SMARTS) is 1. The van der Waals surface area contributed by atoms with Crippen LogP contribution in [-0.2, 0) is 30.6 Å². The van der Waals surface area contributed by atoms with Crippen molar-refractivity contribution in [3.8, 4) is 0 Å². The van der Waals surface area contributed by atoms with Gasteiger partial charge in [-0.05, 0) is 55.7 Å². The van der Waals surface area contributed by atoms with E-state index in [4.69, 9.17) is 15.1 Å². The number of carbonyl (C=O) groups is 1. The molecule has 0 saturated heterocycles. The van der Waals surface area contributed by atoms with Gasteiger partial charge < -0.3 is 15.0 Å². The number of aromatic nitrogens is 3. The minimum absolute atomic E-state index is 0.117. The molecule has 0 radical (unpaired) electrons. The maximum Gasteiger partial charge on any atom is 0.303 e. The van der Waals surface area contributed by atoms with Gasteiger partial charge in [-0.3, -0.25) is 4.79 Å². The Balaban J connectivity index is 1.63. The van der Waals surface area contributed by atoms with Gasteiger partial charge in [-0.1, -0.05) is 60.7 Å². The molecule has 0 aliphatic heterocycles. The molecular formula is C29H32N4O2. The van der Waals surface area contributed by atoms with Crippen molar-refractivity contribution in [2.24, 2.45) is 0 Å². The van der Waals surface area contributed by atoms with Gasteiger partial charge in [-0.25, -0.2) is 9.97 Å². The molecule has 2 N–H and O–H groups in total. The van der Waals surface area contributed by atoms with Crippen molar-refractivity contribution in [1.29, 1.82) is 0 Å². The van der Waals surface area contributed by atoms with Crippen molar-refractivity contribution in [2.75, 3.05) is 5.32 Å². The van der Waals surface area contributed by atoms with Crippen LogP contribution in [0.5, 0.6) is 0 Å². The Morgan fingerprint density at radius 3 is 2.49 bits per heavy atom. The fraction of sp³-hybridized carbons (Fsp3) is 0.345. The number of benzene rings is 2. The molecule has 5 rings (SSSR count). The third-order valence-corrected chi connectivity index (χ3v) is 6.96. The molecule has 1 atom stereocenters. The highest BCUT2D eigenvalue weighted by Crippen LogP contribution is 2.38. The molecule has 0 spiro atoms. The molecule has 2 aromatic heterocycles. The van der Waals surface area contributed by atoms with Crippen LogP contribution < -0.4 is 5.32 Å². The fourth-order valence-electron chi connectivity index (χ4n) is 5.22. The van der Waals surface area contributed by atoms with Gasteiger partial charge in [-0.15, -0.1) is 0 Å². The first kappa shape index (κ1) is 23.1. The lowest BCUT2D eigenvalue weighted by atomic mass is 9.95. The Morgan fingerprint density at radius 1 is 1.03 bits per heavy atom. The van der Waals surface area contributed by atoms with Crippen LogP contribution in [0.3, 0.4) is 0 Å². The summed E-state index contributed by atoms with van der Waals surface area (Å²) in [5, 5.41) is 13.9. The number of fused-ring (bicyclic) bond motifs is 3. The number of nitrogens with one attached hydrogen (secondary N) is 1. The maximum atomic E-state index is 11.1. The highest BCUT2D eigenvalue weighted by molar-refractivity contribution is 5.93. The Kier molecular flexibility index (Phi) is 6.80. The number of nitrogens with zero attached hydrogens (tertiary/aromatic N) is 3. The van der Waals surface area contributed by atoms with Crippen LogP contribution in [0.25, 0.3) is 11.0 Å². The molecule has 35 heavy (non-hydrogen) atoms. The van der Waals surface area contributed by atoms with Crippen LogP contribution >= 0.6 is 0 Å². The predicted octanol–water partition coefficient (Wildman–Crippen LogP) is 5.94. The standard InChI is InChI=1S/C29H32N4O2/c1-20(22-13-6-3-7-14-22)33-24-16-9-8-15-23(24)27-28(30-19-21-11-4-2-5-12-21)31-25(32-29(27)33)17-10-18-26(34)35/h2-7,11-14,20H,8-10,15-19H2,1H3,(H,34,35)(H,30,31,32). The van der Waals surface area contributed by atoms with Crippen LogP contribution in [-0.4, -0.2) is 25.6 Å². The van der Waals surface area contributed by atoms with E-state index in [2.05, 4.69) is 53.2 Å². The molecule has 0 saturated carbocycles. The first-order valence-electron chi connectivity index (χ1n) is 12.6. The summed E-state index contributed by atoms with van der Waals surface area (Å²) >= 11 is 0. The first-order valence-corrected chi connectivity index (χ1v) is 12.6. The number of aliphatic carboxylic acids is 1. The second kappa shape index (κ2) is 10.3. The zero-order chi connectivity index (χ0) is 24.2. The smallest absolute Gasteiger partial charge is 0.303 e. The van der Waals surface area contributed by atoms with E-state index < -0.39 is 5.97 Å². The molecule has 4 aromatic rings. The molecular weight excluding hydrogens is 436 g/mol. The number of hydrogen-bond donors (Lipinski definition) is 2. The Bertz CT molecular complexity index is 1320. The number of hydrogen-bond acceptors (Lipinski definition) is 4. The lowest BCUT2D eigenvalue weighted by Gasteiger charge is -2.21. The zero-order valence-corrected chi connectivity index (χ0v) is 20.2. The summed E-state index contributed by atoms with van der Waals surface area (Å²) in [7, 11) is 0. The molecule has 2 aromatic carbocycles. The van der Waals surface area contributed by atoms with E-state index in [9.17, 15) is 4.79 Å². The van der Waals surface area contributed by atoms with E-state index in [-0.39, 0.29) is 12.5 Å². The average molecular weight is 469 g/mol. The molecule has 0 fully saturated rings. The summed E-state index contributed by atoms with van der Waals surface area (Å²) < 4.78 is 2.41. The molecule has 180 valence electrons. The van der Waals surface area contributed by atoms with Crippen LogP contribution in [0.4, 0.5) is 5.82 Å². The minimum Gasteiger partial charge on any atom is -0.481 e. The van der Waals surface area contributed by atoms with Crippen molar-refractivity contribution in [2.45, 2.75) is 64.5 Å². The summed E-state index contributed by atoms with van der Waals surface area (Å²) in [5.41, 5.74) is 6.13. The van der Waals surface area contributed by atoms with Gasteiger partial charge in [0.25, 0.3) is 0 Å². The Hall–Kier alpha value is -3.67. The van der Waals surface area contributed by atoms with E-state index in [1.807, 2.05) is 24.3 Å². The Morgan fingerprint density at radius 2 is 1.74 bits per heavy atom. The molecule has 0 amide bonds. The lowest BCUT2D eigenvalue weighted by molar-refractivity contribution is -0.137. The van der Waals surface area contributed by atoms with E-state index in [0.29, 0.717) is 25.2 Å². The van der Waals surface area contributed by atoms with Gasteiger partial charge in [0.05, 0.1) is 11.4 Å². The topological polar surface area (TPSA) is 80.0 Å². The number of carboxylic acids is 1. The molecule has 1 aliphatic carbocycles. The van der Waals surface area contributed by atoms with Crippen LogP contribution in [0.1, 0.15) is 66.9 Å². The number of anilines is 1. The zero-order valence-electron chi connectivity index (χ0n) is 20.2. The largest absolute Gasteiger partial charge is 0.481 e. The predicted molar refractivity (Wildman–Crippen MR) is 139 cm³/mol. The van der Waals surface area contributed by atoms with Crippen molar-refractivity contribution in [1.82, 2.24) is 14.5 Å². The highest BCUT2D eigenvalue weighted by Gasteiger charge is 2.27. The summed E-state index contributed by atoms with van der Waals surface area (Å²) in [5.74, 6) is 0.775. The second-order valence-electron chi connectivity index (χ2n) is 9.36.